The SMILES string of the molecule is CC(C)(C)CS(=O)(=O)N1CCc2ccc(O)cc2C1. The molecule has 0 fully saturated rings. The van der Waals surface area contributed by atoms with E-state index in [-0.39, 0.29) is 16.9 Å². The van der Waals surface area contributed by atoms with Crippen LogP contribution in [0.3, 0.4) is 0 Å². The first kappa shape index (κ1) is 14.3. The molecule has 0 saturated carbocycles. The fourth-order valence-corrected chi connectivity index (χ4v) is 4.38. The largest absolute Gasteiger partial charge is 0.508 e. The second-order valence-corrected chi connectivity index (χ2v) is 8.32. The predicted molar refractivity (Wildman–Crippen MR) is 75.5 cm³/mol. The standard InChI is InChI=1S/C14H21NO3S/c1-14(2,3)10-19(17,18)15-7-6-11-4-5-13(16)8-12(11)9-15/h4-5,8,16H,6-7,9-10H2,1-3H3. The number of fused-ring (bicyclic) bond motifs is 1. The number of aromatic hydroxyl groups is 1. The summed E-state index contributed by atoms with van der Waals surface area (Å²) in [5.41, 5.74) is 1.78. The van der Waals surface area contributed by atoms with Crippen LogP contribution in [0.15, 0.2) is 18.2 Å². The number of rotatable bonds is 2. The Balaban J connectivity index is 2.22. The molecule has 0 spiro atoms. The van der Waals surface area contributed by atoms with Crippen molar-refractivity contribution in [1.82, 2.24) is 4.31 Å². The van der Waals surface area contributed by atoms with Gasteiger partial charge in [-0.05, 0) is 35.1 Å². The first-order chi connectivity index (χ1) is 8.67. The molecule has 0 aromatic heterocycles. The Kier molecular flexibility index (Phi) is 3.62. The Hall–Kier alpha value is -1.07. The lowest BCUT2D eigenvalue weighted by Crippen LogP contribution is -2.40. The maximum absolute atomic E-state index is 12.4. The van der Waals surface area contributed by atoms with Crippen molar-refractivity contribution in [2.45, 2.75) is 33.7 Å². The molecule has 1 aliphatic rings. The third-order valence-electron chi connectivity index (χ3n) is 3.18. The fourth-order valence-electron chi connectivity index (χ4n) is 2.39. The Morgan fingerprint density at radius 2 is 1.95 bits per heavy atom. The molecule has 1 aromatic rings. The molecule has 1 heterocycles. The van der Waals surface area contributed by atoms with Gasteiger partial charge in [-0.15, -0.1) is 0 Å². The average molecular weight is 283 g/mol. The molecule has 2 rings (SSSR count). The van der Waals surface area contributed by atoms with E-state index in [0.29, 0.717) is 19.5 Å². The summed E-state index contributed by atoms with van der Waals surface area (Å²) in [6, 6.07) is 5.19. The summed E-state index contributed by atoms with van der Waals surface area (Å²) in [7, 11) is -3.24. The molecule has 0 atom stereocenters. The summed E-state index contributed by atoms with van der Waals surface area (Å²) in [6.45, 7) is 6.66. The highest BCUT2D eigenvalue weighted by Crippen LogP contribution is 2.27. The van der Waals surface area contributed by atoms with Crippen LogP contribution in [-0.4, -0.2) is 30.1 Å². The zero-order chi connectivity index (χ0) is 14.3. The fraction of sp³-hybridized carbons (Fsp3) is 0.571. The Morgan fingerprint density at radius 3 is 2.58 bits per heavy atom. The molecule has 4 nitrogen and oxygen atoms in total. The van der Waals surface area contributed by atoms with Crippen LogP contribution in [0.1, 0.15) is 31.9 Å². The van der Waals surface area contributed by atoms with Gasteiger partial charge in [-0.25, -0.2) is 8.42 Å². The van der Waals surface area contributed by atoms with Crippen molar-refractivity contribution >= 4 is 10.0 Å². The van der Waals surface area contributed by atoms with Crippen molar-refractivity contribution in [3.8, 4) is 5.75 Å². The summed E-state index contributed by atoms with van der Waals surface area (Å²) in [4.78, 5) is 0. The van der Waals surface area contributed by atoms with E-state index in [0.717, 1.165) is 11.1 Å². The van der Waals surface area contributed by atoms with E-state index in [1.807, 2.05) is 26.8 Å². The van der Waals surface area contributed by atoms with E-state index in [9.17, 15) is 13.5 Å². The van der Waals surface area contributed by atoms with Crippen LogP contribution in [0.4, 0.5) is 0 Å². The van der Waals surface area contributed by atoms with Crippen LogP contribution in [0.2, 0.25) is 0 Å². The molecule has 0 amide bonds. The summed E-state index contributed by atoms with van der Waals surface area (Å²) < 4.78 is 26.2. The van der Waals surface area contributed by atoms with Gasteiger partial charge in [-0.1, -0.05) is 26.8 Å². The van der Waals surface area contributed by atoms with Crippen LogP contribution >= 0.6 is 0 Å². The maximum atomic E-state index is 12.4. The minimum Gasteiger partial charge on any atom is -0.508 e. The van der Waals surface area contributed by atoms with Crippen LogP contribution in [0, 0.1) is 5.41 Å². The molecule has 106 valence electrons. The van der Waals surface area contributed by atoms with Crippen molar-refractivity contribution in [1.29, 1.82) is 0 Å². The van der Waals surface area contributed by atoms with Crippen molar-refractivity contribution in [2.24, 2.45) is 5.41 Å². The van der Waals surface area contributed by atoms with Gasteiger partial charge in [0.05, 0.1) is 5.75 Å². The molecular weight excluding hydrogens is 262 g/mol. The molecule has 0 bridgehead atoms. The summed E-state index contributed by atoms with van der Waals surface area (Å²) in [6.07, 6.45) is 0.707. The molecule has 0 radical (unpaired) electrons. The van der Waals surface area contributed by atoms with Crippen molar-refractivity contribution in [3.05, 3.63) is 29.3 Å². The molecule has 5 heteroatoms. The lowest BCUT2D eigenvalue weighted by Gasteiger charge is -2.30. The normalized spacial score (nSPS) is 17.2. The molecule has 1 aromatic carbocycles. The molecule has 0 unspecified atom stereocenters. The minimum absolute atomic E-state index is 0.147. The number of nitrogens with zero attached hydrogens (tertiary/aromatic N) is 1. The first-order valence-corrected chi connectivity index (χ1v) is 8.07. The summed E-state index contributed by atoms with van der Waals surface area (Å²) in [5.74, 6) is 0.336. The zero-order valence-electron chi connectivity index (χ0n) is 11.7. The van der Waals surface area contributed by atoms with E-state index in [4.69, 9.17) is 0 Å². The van der Waals surface area contributed by atoms with Crippen LogP contribution in [0.5, 0.6) is 5.75 Å². The second-order valence-electron chi connectivity index (χ2n) is 6.35. The van der Waals surface area contributed by atoms with Gasteiger partial charge in [0.15, 0.2) is 0 Å². The topological polar surface area (TPSA) is 57.6 Å². The third kappa shape index (κ3) is 3.48. The van der Waals surface area contributed by atoms with Crippen molar-refractivity contribution in [2.75, 3.05) is 12.3 Å². The second kappa shape index (κ2) is 4.80. The Labute approximate surface area is 115 Å². The summed E-state index contributed by atoms with van der Waals surface area (Å²) >= 11 is 0. The van der Waals surface area contributed by atoms with Crippen LogP contribution in [0.25, 0.3) is 0 Å². The average Bonchev–Trinajstić information content (AvgIpc) is 2.24. The zero-order valence-corrected chi connectivity index (χ0v) is 12.5. The van der Waals surface area contributed by atoms with Gasteiger partial charge in [-0.3, -0.25) is 0 Å². The monoisotopic (exact) mass is 283 g/mol. The number of hydrogen-bond donors (Lipinski definition) is 1. The molecule has 0 saturated heterocycles. The van der Waals surface area contributed by atoms with Gasteiger partial charge in [0.1, 0.15) is 5.75 Å². The first-order valence-electron chi connectivity index (χ1n) is 6.46. The highest BCUT2D eigenvalue weighted by atomic mass is 32.2. The third-order valence-corrected chi connectivity index (χ3v) is 5.51. The Morgan fingerprint density at radius 1 is 1.26 bits per heavy atom. The van der Waals surface area contributed by atoms with Crippen molar-refractivity contribution in [3.63, 3.8) is 0 Å². The Bertz CT molecular complexity index is 573. The van der Waals surface area contributed by atoms with Gasteiger partial charge in [0.2, 0.25) is 10.0 Å². The van der Waals surface area contributed by atoms with Crippen molar-refractivity contribution < 1.29 is 13.5 Å². The number of phenolic OH excluding ortho intramolecular Hbond substituents is 1. The van der Waals surface area contributed by atoms with E-state index >= 15 is 0 Å². The number of sulfonamides is 1. The minimum atomic E-state index is -3.24. The van der Waals surface area contributed by atoms with Gasteiger partial charge in [0, 0.05) is 13.1 Å². The lowest BCUT2D eigenvalue weighted by molar-refractivity contribution is 0.371. The molecular formula is C14H21NO3S. The summed E-state index contributed by atoms with van der Waals surface area (Å²) in [5, 5.41) is 9.50. The van der Waals surface area contributed by atoms with Gasteiger partial charge in [0.25, 0.3) is 0 Å². The number of phenols is 1. The maximum Gasteiger partial charge on any atom is 0.214 e. The van der Waals surface area contributed by atoms with Gasteiger partial charge in [-0.2, -0.15) is 4.31 Å². The number of hydrogen-bond acceptors (Lipinski definition) is 3. The van der Waals surface area contributed by atoms with E-state index in [1.54, 1.807) is 12.1 Å². The molecule has 0 aliphatic carbocycles. The highest BCUT2D eigenvalue weighted by molar-refractivity contribution is 7.89. The number of benzene rings is 1. The quantitative estimate of drug-likeness (QED) is 0.904. The molecule has 1 aliphatic heterocycles. The lowest BCUT2D eigenvalue weighted by atomic mass is 10.0. The van der Waals surface area contributed by atoms with Gasteiger partial charge < -0.3 is 5.11 Å². The van der Waals surface area contributed by atoms with E-state index < -0.39 is 10.0 Å². The highest BCUT2D eigenvalue weighted by Gasteiger charge is 2.30. The van der Waals surface area contributed by atoms with E-state index in [2.05, 4.69) is 0 Å². The van der Waals surface area contributed by atoms with Gasteiger partial charge >= 0.3 is 0 Å². The van der Waals surface area contributed by atoms with Crippen LogP contribution < -0.4 is 0 Å². The van der Waals surface area contributed by atoms with Crippen LogP contribution in [-0.2, 0) is 23.0 Å². The molecule has 19 heavy (non-hydrogen) atoms. The van der Waals surface area contributed by atoms with E-state index in [1.165, 1.54) is 4.31 Å². The predicted octanol–water partition coefficient (Wildman–Crippen LogP) is 2.13. The molecule has 1 N–H and O–H groups in total. The smallest absolute Gasteiger partial charge is 0.214 e.